The first kappa shape index (κ1) is 14.9. The largest absolute Gasteiger partial charge is 0.462 e. The molecule has 2 aromatic carbocycles. The Balaban J connectivity index is 1.89. The van der Waals surface area contributed by atoms with E-state index in [4.69, 9.17) is 27.9 Å². The van der Waals surface area contributed by atoms with E-state index in [1.54, 1.807) is 24.3 Å². The zero-order valence-corrected chi connectivity index (χ0v) is 12.3. The summed E-state index contributed by atoms with van der Waals surface area (Å²) in [6.07, 6.45) is 0.655. The molecule has 0 bridgehead atoms. The highest BCUT2D eigenvalue weighted by molar-refractivity contribution is 6.30. The molecular weight excluding hydrogens is 295 g/mol. The number of benzene rings is 2. The van der Waals surface area contributed by atoms with Crippen LogP contribution in [0.4, 0.5) is 0 Å². The molecule has 0 radical (unpaired) electrons. The third-order valence-electron chi connectivity index (χ3n) is 2.95. The first-order valence-corrected chi connectivity index (χ1v) is 7.17. The predicted octanol–water partition coefficient (Wildman–Crippen LogP) is 4.48. The quantitative estimate of drug-likeness (QED) is 0.601. The average Bonchev–Trinajstić information content (AvgIpc) is 2.48. The van der Waals surface area contributed by atoms with E-state index in [1.807, 2.05) is 24.3 Å². The Kier molecular flexibility index (Phi) is 5.45. The molecule has 2 nitrogen and oxygen atoms in total. The summed E-state index contributed by atoms with van der Waals surface area (Å²) in [4.78, 5) is 11.8. The highest BCUT2D eigenvalue weighted by atomic mass is 35.5. The van der Waals surface area contributed by atoms with Crippen LogP contribution in [0, 0.1) is 0 Å². The molecule has 0 saturated heterocycles. The van der Waals surface area contributed by atoms with Crippen molar-refractivity contribution in [1.82, 2.24) is 0 Å². The molecule has 0 spiro atoms. The van der Waals surface area contributed by atoms with Gasteiger partial charge in [0.2, 0.25) is 0 Å². The number of carbonyl (C=O) groups is 1. The zero-order valence-electron chi connectivity index (χ0n) is 10.8. The van der Waals surface area contributed by atoms with Gasteiger partial charge in [-0.05, 0) is 35.4 Å². The third kappa shape index (κ3) is 3.99. The van der Waals surface area contributed by atoms with Gasteiger partial charge in [-0.1, -0.05) is 35.9 Å². The van der Waals surface area contributed by atoms with E-state index in [1.165, 1.54) is 0 Å². The van der Waals surface area contributed by atoms with Crippen molar-refractivity contribution in [3.8, 4) is 0 Å². The van der Waals surface area contributed by atoms with Gasteiger partial charge in [0.05, 0.1) is 12.2 Å². The van der Waals surface area contributed by atoms with Gasteiger partial charge in [0, 0.05) is 17.3 Å². The van der Waals surface area contributed by atoms with Gasteiger partial charge in [-0.2, -0.15) is 0 Å². The summed E-state index contributed by atoms with van der Waals surface area (Å²) in [5, 5.41) is 0.595. The molecule has 0 N–H and O–H groups in total. The van der Waals surface area contributed by atoms with E-state index in [9.17, 15) is 4.79 Å². The summed E-state index contributed by atoms with van der Waals surface area (Å²) in [5.74, 6) is 0.117. The van der Waals surface area contributed by atoms with Crippen molar-refractivity contribution in [2.45, 2.75) is 12.3 Å². The fourth-order valence-electron chi connectivity index (χ4n) is 1.85. The normalized spacial score (nSPS) is 10.3. The molecule has 2 rings (SSSR count). The van der Waals surface area contributed by atoms with E-state index < -0.39 is 0 Å². The number of carbonyl (C=O) groups excluding carboxylic acids is 1. The molecule has 0 unspecified atom stereocenters. The van der Waals surface area contributed by atoms with Crippen molar-refractivity contribution in [3.63, 3.8) is 0 Å². The topological polar surface area (TPSA) is 26.3 Å². The maximum absolute atomic E-state index is 11.8. The van der Waals surface area contributed by atoms with Crippen LogP contribution in [-0.4, -0.2) is 12.6 Å². The average molecular weight is 309 g/mol. The Morgan fingerprint density at radius 3 is 2.30 bits per heavy atom. The van der Waals surface area contributed by atoms with Crippen LogP contribution in [0.5, 0.6) is 0 Å². The number of hydrogen-bond acceptors (Lipinski definition) is 2. The van der Waals surface area contributed by atoms with Crippen molar-refractivity contribution < 1.29 is 9.53 Å². The van der Waals surface area contributed by atoms with E-state index in [-0.39, 0.29) is 5.97 Å². The fourth-order valence-corrected chi connectivity index (χ4v) is 2.24. The summed E-state index contributed by atoms with van der Waals surface area (Å²) in [5.41, 5.74) is 2.67. The summed E-state index contributed by atoms with van der Waals surface area (Å²) < 4.78 is 5.25. The molecule has 20 heavy (non-hydrogen) atoms. The lowest BCUT2D eigenvalue weighted by atomic mass is 10.1. The predicted molar refractivity (Wildman–Crippen MR) is 81.4 cm³/mol. The Hall–Kier alpha value is -1.51. The molecular formula is C16H14Cl2O2. The van der Waals surface area contributed by atoms with Gasteiger partial charge < -0.3 is 4.74 Å². The number of esters is 1. The van der Waals surface area contributed by atoms with Crippen molar-refractivity contribution >= 4 is 29.2 Å². The summed E-state index contributed by atoms with van der Waals surface area (Å²) >= 11 is 11.6. The number of rotatable bonds is 5. The lowest BCUT2D eigenvalue weighted by molar-refractivity contribution is 0.0509. The smallest absolute Gasteiger partial charge is 0.338 e. The molecule has 0 amide bonds. The molecule has 2 aromatic rings. The van der Waals surface area contributed by atoms with E-state index in [2.05, 4.69) is 0 Å². The Morgan fingerprint density at radius 1 is 1.00 bits per heavy atom. The summed E-state index contributed by atoms with van der Waals surface area (Å²) in [6, 6.07) is 14.5. The van der Waals surface area contributed by atoms with Crippen LogP contribution in [0.15, 0.2) is 48.5 Å². The van der Waals surface area contributed by atoms with Gasteiger partial charge in [0.15, 0.2) is 0 Å². The van der Waals surface area contributed by atoms with Gasteiger partial charge in [-0.25, -0.2) is 4.79 Å². The molecule has 0 atom stereocenters. The first-order valence-electron chi connectivity index (χ1n) is 6.26. The number of alkyl halides is 1. The molecule has 0 saturated carbocycles. The second-order valence-electron chi connectivity index (χ2n) is 4.30. The summed E-state index contributed by atoms with van der Waals surface area (Å²) in [7, 11) is 0. The molecule has 0 aliphatic rings. The van der Waals surface area contributed by atoms with Gasteiger partial charge in [0.1, 0.15) is 0 Å². The van der Waals surface area contributed by atoms with Crippen LogP contribution < -0.4 is 0 Å². The van der Waals surface area contributed by atoms with E-state index in [0.717, 1.165) is 11.1 Å². The highest BCUT2D eigenvalue weighted by Gasteiger charge is 2.07. The van der Waals surface area contributed by atoms with Gasteiger partial charge in [-0.3, -0.25) is 0 Å². The first-order chi connectivity index (χ1) is 9.70. The molecule has 0 aliphatic carbocycles. The molecule has 104 valence electrons. The second kappa shape index (κ2) is 7.32. The van der Waals surface area contributed by atoms with Crippen LogP contribution in [-0.2, 0) is 17.0 Å². The van der Waals surface area contributed by atoms with E-state index >= 15 is 0 Å². The van der Waals surface area contributed by atoms with Gasteiger partial charge in [0.25, 0.3) is 0 Å². The fraction of sp³-hybridized carbons (Fsp3) is 0.188. The molecule has 0 fully saturated rings. The second-order valence-corrected chi connectivity index (χ2v) is 5.00. The Bertz CT molecular complexity index is 579. The van der Waals surface area contributed by atoms with Crippen molar-refractivity contribution in [1.29, 1.82) is 0 Å². The lowest BCUT2D eigenvalue weighted by Crippen LogP contribution is -2.08. The Morgan fingerprint density at radius 2 is 1.65 bits per heavy atom. The SMILES string of the molecule is O=C(OCCc1ccccc1CCl)c1ccc(Cl)cc1. The van der Waals surface area contributed by atoms with Crippen LogP contribution in [0.3, 0.4) is 0 Å². The number of ether oxygens (including phenoxy) is 1. The Labute approximate surface area is 128 Å². The zero-order chi connectivity index (χ0) is 14.4. The minimum Gasteiger partial charge on any atom is -0.462 e. The maximum atomic E-state index is 11.8. The molecule has 0 aliphatic heterocycles. The maximum Gasteiger partial charge on any atom is 0.338 e. The van der Waals surface area contributed by atoms with Crippen LogP contribution >= 0.6 is 23.2 Å². The number of hydrogen-bond donors (Lipinski definition) is 0. The minimum atomic E-state index is -0.343. The van der Waals surface area contributed by atoms with Gasteiger partial charge >= 0.3 is 5.97 Å². The van der Waals surface area contributed by atoms with Crippen LogP contribution in [0.25, 0.3) is 0 Å². The molecule has 4 heteroatoms. The standard InChI is InChI=1S/C16H14Cl2O2/c17-11-14-4-2-1-3-12(14)9-10-20-16(19)13-5-7-15(18)8-6-13/h1-8H,9-11H2. The van der Waals surface area contributed by atoms with Crippen molar-refractivity contribution in [2.24, 2.45) is 0 Å². The number of halogens is 2. The van der Waals surface area contributed by atoms with Crippen molar-refractivity contribution in [3.05, 3.63) is 70.2 Å². The molecule has 0 heterocycles. The van der Waals surface area contributed by atoms with Crippen LogP contribution in [0.1, 0.15) is 21.5 Å². The summed E-state index contributed by atoms with van der Waals surface area (Å²) in [6.45, 7) is 0.329. The monoisotopic (exact) mass is 308 g/mol. The van der Waals surface area contributed by atoms with Gasteiger partial charge in [-0.15, -0.1) is 11.6 Å². The third-order valence-corrected chi connectivity index (χ3v) is 3.49. The highest BCUT2D eigenvalue weighted by Crippen LogP contribution is 2.13. The minimum absolute atomic E-state index is 0.329. The molecule has 0 aromatic heterocycles. The van der Waals surface area contributed by atoms with Crippen LogP contribution in [0.2, 0.25) is 5.02 Å². The van der Waals surface area contributed by atoms with Crippen molar-refractivity contribution in [2.75, 3.05) is 6.61 Å². The lowest BCUT2D eigenvalue weighted by Gasteiger charge is -2.08. The van der Waals surface area contributed by atoms with E-state index in [0.29, 0.717) is 29.5 Å².